The van der Waals surface area contributed by atoms with E-state index < -0.39 is 47.1 Å². The fraction of sp³-hybridized carbons (Fsp3) is 0.484. The lowest BCUT2D eigenvalue weighted by molar-refractivity contribution is -0.149. The number of phenols is 1. The molecule has 0 aliphatic heterocycles. The van der Waals surface area contributed by atoms with Crippen LogP contribution in [0.25, 0.3) is 0 Å². The third-order valence-corrected chi connectivity index (χ3v) is 6.19. The minimum absolute atomic E-state index is 0.0604. The van der Waals surface area contributed by atoms with Gasteiger partial charge in [0.05, 0.1) is 7.11 Å². The predicted molar refractivity (Wildman–Crippen MR) is 155 cm³/mol. The molecule has 0 heterocycles. The van der Waals surface area contributed by atoms with E-state index in [1.165, 1.54) is 24.1 Å². The summed E-state index contributed by atoms with van der Waals surface area (Å²) >= 11 is 0. The van der Waals surface area contributed by atoms with Gasteiger partial charge in [-0.15, -0.1) is 0 Å². The van der Waals surface area contributed by atoms with Crippen molar-refractivity contribution >= 4 is 23.9 Å². The van der Waals surface area contributed by atoms with E-state index in [0.717, 1.165) is 11.1 Å². The molecule has 0 saturated carbocycles. The van der Waals surface area contributed by atoms with Gasteiger partial charge < -0.3 is 30.1 Å². The van der Waals surface area contributed by atoms with E-state index in [1.54, 1.807) is 59.7 Å². The van der Waals surface area contributed by atoms with Gasteiger partial charge in [0.15, 0.2) is 0 Å². The lowest BCUT2D eigenvalue weighted by Crippen LogP contribution is -2.59. The molecule has 2 rings (SSSR count). The van der Waals surface area contributed by atoms with E-state index in [4.69, 9.17) is 4.74 Å². The second-order valence-electron chi connectivity index (χ2n) is 12.0. The Morgan fingerprint density at radius 3 is 2.07 bits per heavy atom. The van der Waals surface area contributed by atoms with Crippen LogP contribution in [0.5, 0.6) is 5.75 Å². The van der Waals surface area contributed by atoms with Gasteiger partial charge in [-0.2, -0.15) is 0 Å². The Labute approximate surface area is 242 Å². The number of phenolic OH excluding ortho intramolecular Hbond substituents is 1. The molecule has 224 valence electrons. The Morgan fingerprint density at radius 2 is 1.56 bits per heavy atom. The van der Waals surface area contributed by atoms with Crippen LogP contribution in [0.1, 0.15) is 69.8 Å². The van der Waals surface area contributed by atoms with Gasteiger partial charge in [-0.1, -0.05) is 35.9 Å². The average Bonchev–Trinajstić information content (AvgIpc) is 2.84. The van der Waals surface area contributed by atoms with Crippen molar-refractivity contribution in [2.45, 2.75) is 85.0 Å². The molecule has 10 nitrogen and oxygen atoms in total. The number of nitrogens with one attached hydrogen (secondary N) is 2. The number of ether oxygens (including phenoxy) is 2. The van der Waals surface area contributed by atoms with Gasteiger partial charge in [0.2, 0.25) is 11.8 Å². The molecule has 2 aromatic carbocycles. The molecule has 0 saturated heterocycles. The lowest BCUT2D eigenvalue weighted by atomic mass is 9.91. The number of carbonyl (C=O) groups is 4. The summed E-state index contributed by atoms with van der Waals surface area (Å²) in [6.07, 6.45) is -0.726. The minimum atomic E-state index is -1.14. The van der Waals surface area contributed by atoms with Crippen LogP contribution in [0.2, 0.25) is 0 Å². The number of aryl methyl sites for hydroxylation is 2. The second kappa shape index (κ2) is 13.5. The quantitative estimate of drug-likeness (QED) is 0.387. The van der Waals surface area contributed by atoms with Crippen molar-refractivity contribution in [1.82, 2.24) is 15.5 Å². The number of methoxy groups -OCH3 is 1. The number of aromatic hydroxyl groups is 1. The first-order valence-corrected chi connectivity index (χ1v) is 13.4. The summed E-state index contributed by atoms with van der Waals surface area (Å²) in [5, 5.41) is 15.0. The van der Waals surface area contributed by atoms with Crippen molar-refractivity contribution in [3.8, 4) is 5.75 Å². The maximum Gasteiger partial charge on any atom is 0.408 e. The van der Waals surface area contributed by atoms with E-state index in [9.17, 15) is 24.3 Å². The number of benzene rings is 2. The van der Waals surface area contributed by atoms with Crippen LogP contribution in [0.4, 0.5) is 4.79 Å². The third-order valence-electron chi connectivity index (χ3n) is 6.19. The van der Waals surface area contributed by atoms with Crippen LogP contribution < -0.4 is 10.6 Å². The number of nitrogens with zero attached hydrogens (tertiary/aromatic N) is 1. The maximum atomic E-state index is 14.5. The van der Waals surface area contributed by atoms with Crippen molar-refractivity contribution in [1.29, 1.82) is 0 Å². The van der Waals surface area contributed by atoms with E-state index >= 15 is 0 Å². The molecule has 0 spiro atoms. The number of hydrogen-bond donors (Lipinski definition) is 3. The van der Waals surface area contributed by atoms with Crippen LogP contribution in [0.15, 0.2) is 42.5 Å². The fourth-order valence-electron chi connectivity index (χ4n) is 4.39. The van der Waals surface area contributed by atoms with Gasteiger partial charge in [-0.05, 0) is 84.2 Å². The molecular weight excluding hydrogens is 526 g/mol. The summed E-state index contributed by atoms with van der Waals surface area (Å²) < 4.78 is 10.1. The number of carbonyl (C=O) groups excluding carboxylic acids is 4. The van der Waals surface area contributed by atoms with Crippen LogP contribution in [-0.4, -0.2) is 64.7 Å². The van der Waals surface area contributed by atoms with Gasteiger partial charge in [-0.25, -0.2) is 4.79 Å². The Bertz CT molecular complexity index is 1240. The summed E-state index contributed by atoms with van der Waals surface area (Å²) in [6.45, 7) is 13.9. The number of rotatable bonds is 9. The molecule has 3 N–H and O–H groups in total. The first-order valence-electron chi connectivity index (χ1n) is 13.4. The standard InChI is InChI=1S/C31H43N3O7/c1-19-10-15-23(20(2)16-19)26(27(37)32-18-25(36)40-9)34(30(3,4)5)28(38)24(33-29(39)41-31(6,7)8)17-21-11-13-22(35)14-12-21/h10-16,24,26,35H,17-18H2,1-9H3,(H,32,37)(H,33,39). The second-order valence-corrected chi connectivity index (χ2v) is 12.0. The summed E-state index contributed by atoms with van der Waals surface area (Å²) in [5.41, 5.74) is 1.27. The summed E-state index contributed by atoms with van der Waals surface area (Å²) in [4.78, 5) is 54.4. The third kappa shape index (κ3) is 9.81. The molecule has 0 aliphatic carbocycles. The van der Waals surface area contributed by atoms with Crippen LogP contribution in [0.3, 0.4) is 0 Å². The monoisotopic (exact) mass is 569 g/mol. The predicted octanol–water partition coefficient (Wildman–Crippen LogP) is 4.10. The van der Waals surface area contributed by atoms with Gasteiger partial charge >= 0.3 is 12.1 Å². The maximum absolute atomic E-state index is 14.5. The zero-order chi connectivity index (χ0) is 31.1. The van der Waals surface area contributed by atoms with Crippen molar-refractivity contribution in [2.75, 3.05) is 13.7 Å². The van der Waals surface area contributed by atoms with Crippen LogP contribution in [0, 0.1) is 13.8 Å². The van der Waals surface area contributed by atoms with Crippen LogP contribution >= 0.6 is 0 Å². The topological polar surface area (TPSA) is 134 Å². The van der Waals surface area contributed by atoms with Crippen molar-refractivity contribution in [3.05, 3.63) is 64.7 Å². The van der Waals surface area contributed by atoms with E-state index in [-0.39, 0.29) is 18.7 Å². The van der Waals surface area contributed by atoms with E-state index in [2.05, 4.69) is 15.4 Å². The van der Waals surface area contributed by atoms with E-state index in [1.807, 2.05) is 26.0 Å². The average molecular weight is 570 g/mol. The van der Waals surface area contributed by atoms with Gasteiger partial charge in [0, 0.05) is 12.0 Å². The number of hydrogen-bond acceptors (Lipinski definition) is 7. The molecule has 41 heavy (non-hydrogen) atoms. The lowest BCUT2D eigenvalue weighted by Gasteiger charge is -2.43. The molecule has 3 amide bonds. The molecule has 2 atom stereocenters. The highest BCUT2D eigenvalue weighted by Gasteiger charge is 2.42. The normalized spacial score (nSPS) is 13.0. The molecule has 0 bridgehead atoms. The highest BCUT2D eigenvalue weighted by Crippen LogP contribution is 2.32. The number of amides is 3. The molecule has 2 aromatic rings. The summed E-state index contributed by atoms with van der Waals surface area (Å²) in [5.74, 6) is -1.69. The van der Waals surface area contributed by atoms with Gasteiger partial charge in [0.1, 0.15) is 30.0 Å². The molecule has 0 fully saturated rings. The minimum Gasteiger partial charge on any atom is -0.508 e. The van der Waals surface area contributed by atoms with Gasteiger partial charge in [-0.3, -0.25) is 14.4 Å². The van der Waals surface area contributed by atoms with Crippen molar-refractivity contribution < 1.29 is 33.8 Å². The largest absolute Gasteiger partial charge is 0.508 e. The Balaban J connectivity index is 2.65. The molecule has 10 heteroatoms. The first kappa shape index (κ1) is 33.1. The molecule has 0 radical (unpaired) electrons. The van der Waals surface area contributed by atoms with Crippen molar-refractivity contribution in [2.24, 2.45) is 0 Å². The number of alkyl carbamates (subject to hydrolysis) is 1. The highest BCUT2D eigenvalue weighted by atomic mass is 16.6. The Kier molecular flexibility index (Phi) is 10.9. The zero-order valence-electron chi connectivity index (χ0n) is 25.5. The number of esters is 1. The summed E-state index contributed by atoms with van der Waals surface area (Å²) in [7, 11) is 1.22. The zero-order valence-corrected chi connectivity index (χ0v) is 25.5. The summed E-state index contributed by atoms with van der Waals surface area (Å²) in [6, 6.07) is 9.56. The molecule has 0 aromatic heterocycles. The molecular formula is C31H43N3O7. The smallest absolute Gasteiger partial charge is 0.408 e. The fourth-order valence-corrected chi connectivity index (χ4v) is 4.39. The van der Waals surface area contributed by atoms with E-state index in [0.29, 0.717) is 11.1 Å². The first-order chi connectivity index (χ1) is 18.9. The van der Waals surface area contributed by atoms with Crippen molar-refractivity contribution in [3.63, 3.8) is 0 Å². The Morgan fingerprint density at radius 1 is 0.951 bits per heavy atom. The SMILES string of the molecule is COC(=O)CNC(=O)C(c1ccc(C)cc1C)N(C(=O)C(Cc1ccc(O)cc1)NC(=O)OC(C)(C)C)C(C)(C)C. The van der Waals surface area contributed by atoms with Gasteiger partial charge in [0.25, 0.3) is 0 Å². The highest BCUT2D eigenvalue weighted by molar-refractivity contribution is 5.94. The Hall–Kier alpha value is -4.08. The molecule has 0 aliphatic rings. The molecule has 2 unspecified atom stereocenters. The van der Waals surface area contributed by atoms with Crippen LogP contribution in [-0.2, 0) is 30.3 Å².